The predicted octanol–water partition coefficient (Wildman–Crippen LogP) is 1.63. The highest BCUT2D eigenvalue weighted by molar-refractivity contribution is 5.92. The van der Waals surface area contributed by atoms with Crippen molar-refractivity contribution in [2.75, 3.05) is 20.6 Å². The zero-order valence-corrected chi connectivity index (χ0v) is 12.5. The minimum absolute atomic E-state index is 0.0521. The van der Waals surface area contributed by atoms with Gasteiger partial charge in [-0.15, -0.1) is 0 Å². The lowest BCUT2D eigenvalue weighted by atomic mass is 10.1. The van der Waals surface area contributed by atoms with Crippen molar-refractivity contribution in [1.82, 2.24) is 19.6 Å². The molecular weight excluding hydrogens is 240 g/mol. The summed E-state index contributed by atoms with van der Waals surface area (Å²) >= 11 is 0. The lowest BCUT2D eigenvalue weighted by Crippen LogP contribution is -2.42. The van der Waals surface area contributed by atoms with Gasteiger partial charge in [-0.25, -0.2) is 0 Å². The fourth-order valence-electron chi connectivity index (χ4n) is 2.79. The molecule has 2 heterocycles. The van der Waals surface area contributed by atoms with Gasteiger partial charge in [0.15, 0.2) is 0 Å². The van der Waals surface area contributed by atoms with E-state index in [4.69, 9.17) is 0 Å². The average molecular weight is 264 g/mol. The number of rotatable bonds is 3. The van der Waals surface area contributed by atoms with Crippen molar-refractivity contribution in [3.8, 4) is 0 Å². The molecule has 2 atom stereocenters. The molecular formula is C14H24N4O. The molecule has 5 heteroatoms. The smallest absolute Gasteiger partial charge is 0.274 e. The number of likely N-dealkylation sites (N-methyl/N-ethyl adjacent to an activating group) is 1. The van der Waals surface area contributed by atoms with Crippen molar-refractivity contribution in [3.05, 3.63) is 18.0 Å². The number of carbonyl (C=O) groups excluding carboxylic acids is 1. The van der Waals surface area contributed by atoms with Crippen molar-refractivity contribution in [1.29, 1.82) is 0 Å². The Morgan fingerprint density at radius 1 is 1.47 bits per heavy atom. The summed E-state index contributed by atoms with van der Waals surface area (Å²) in [5.41, 5.74) is 0.556. The molecule has 0 aromatic carbocycles. The van der Waals surface area contributed by atoms with Crippen LogP contribution in [0.3, 0.4) is 0 Å². The number of hydrogen-bond acceptors (Lipinski definition) is 3. The van der Waals surface area contributed by atoms with Gasteiger partial charge in [0.1, 0.15) is 5.69 Å². The van der Waals surface area contributed by atoms with Gasteiger partial charge in [-0.05, 0) is 47.4 Å². The maximum atomic E-state index is 12.5. The van der Waals surface area contributed by atoms with Crippen LogP contribution in [0.1, 0.15) is 43.7 Å². The average Bonchev–Trinajstić information content (AvgIpc) is 2.94. The van der Waals surface area contributed by atoms with E-state index >= 15 is 0 Å². The van der Waals surface area contributed by atoms with Crippen molar-refractivity contribution < 1.29 is 4.79 Å². The van der Waals surface area contributed by atoms with E-state index in [1.807, 2.05) is 21.8 Å². The molecule has 1 fully saturated rings. The molecule has 0 aliphatic carbocycles. The van der Waals surface area contributed by atoms with Crippen LogP contribution in [0.5, 0.6) is 0 Å². The van der Waals surface area contributed by atoms with Gasteiger partial charge in [0.05, 0.1) is 0 Å². The molecule has 1 amide bonds. The zero-order valence-electron chi connectivity index (χ0n) is 12.5. The Hall–Kier alpha value is -1.36. The second-order valence-corrected chi connectivity index (χ2v) is 5.83. The lowest BCUT2D eigenvalue weighted by Gasteiger charge is -2.27. The summed E-state index contributed by atoms with van der Waals surface area (Å²) in [5, 5.41) is 4.37. The monoisotopic (exact) mass is 264 g/mol. The molecule has 5 nitrogen and oxygen atoms in total. The first kappa shape index (κ1) is 14.1. The molecule has 1 aliphatic rings. The second-order valence-electron chi connectivity index (χ2n) is 5.83. The van der Waals surface area contributed by atoms with E-state index in [1.165, 1.54) is 0 Å². The molecule has 1 aliphatic heterocycles. The molecule has 0 bridgehead atoms. The standard InChI is InChI=1S/C14H24N4O/c1-10(2)18-9-6-12(15-18)14(19)17-8-7-13(11(17)3)16(4)5/h6,9-11,13H,7-8H2,1-5H3/t11-,13+/m0/s1. The SMILES string of the molecule is CC(C)n1ccc(C(=O)N2CC[C@@H](N(C)C)[C@@H]2C)n1. The largest absolute Gasteiger partial charge is 0.333 e. The second kappa shape index (κ2) is 5.33. The first-order valence-electron chi connectivity index (χ1n) is 6.94. The third-order valence-electron chi connectivity index (χ3n) is 3.99. The van der Waals surface area contributed by atoms with Gasteiger partial charge in [-0.2, -0.15) is 5.10 Å². The maximum Gasteiger partial charge on any atom is 0.274 e. The summed E-state index contributed by atoms with van der Waals surface area (Å²) in [6.07, 6.45) is 2.91. The van der Waals surface area contributed by atoms with Crippen LogP contribution in [0.2, 0.25) is 0 Å². The summed E-state index contributed by atoms with van der Waals surface area (Å²) < 4.78 is 1.83. The van der Waals surface area contributed by atoms with Gasteiger partial charge in [0.25, 0.3) is 5.91 Å². The minimum Gasteiger partial charge on any atom is -0.333 e. The summed E-state index contributed by atoms with van der Waals surface area (Å²) in [7, 11) is 4.14. The van der Waals surface area contributed by atoms with E-state index in [9.17, 15) is 4.79 Å². The Balaban J connectivity index is 2.12. The third-order valence-corrected chi connectivity index (χ3v) is 3.99. The molecule has 106 valence electrons. The Labute approximate surface area is 115 Å². The molecule has 0 saturated carbocycles. The molecule has 0 unspecified atom stereocenters. The molecule has 2 rings (SSSR count). The van der Waals surface area contributed by atoms with Gasteiger partial charge in [0, 0.05) is 30.9 Å². The normalized spacial score (nSPS) is 23.6. The van der Waals surface area contributed by atoms with Gasteiger partial charge < -0.3 is 9.80 Å². The highest BCUT2D eigenvalue weighted by Crippen LogP contribution is 2.23. The van der Waals surface area contributed by atoms with Crippen LogP contribution in [0.25, 0.3) is 0 Å². The Kier molecular flexibility index (Phi) is 3.94. The topological polar surface area (TPSA) is 41.4 Å². The van der Waals surface area contributed by atoms with E-state index in [1.54, 1.807) is 0 Å². The van der Waals surface area contributed by atoms with Crippen LogP contribution < -0.4 is 0 Å². The number of likely N-dealkylation sites (tertiary alicyclic amines) is 1. The van der Waals surface area contributed by atoms with Crippen molar-refractivity contribution in [3.63, 3.8) is 0 Å². The molecule has 1 saturated heterocycles. The predicted molar refractivity (Wildman–Crippen MR) is 75.2 cm³/mol. The van der Waals surface area contributed by atoms with Crippen molar-refractivity contribution in [2.24, 2.45) is 0 Å². The van der Waals surface area contributed by atoms with E-state index in [0.29, 0.717) is 11.7 Å². The van der Waals surface area contributed by atoms with Crippen LogP contribution in [0, 0.1) is 0 Å². The third kappa shape index (κ3) is 2.66. The van der Waals surface area contributed by atoms with E-state index < -0.39 is 0 Å². The molecule has 19 heavy (non-hydrogen) atoms. The number of hydrogen-bond donors (Lipinski definition) is 0. The number of aromatic nitrogens is 2. The number of nitrogens with zero attached hydrogens (tertiary/aromatic N) is 4. The van der Waals surface area contributed by atoms with E-state index in [0.717, 1.165) is 13.0 Å². The van der Waals surface area contributed by atoms with Crippen LogP contribution in [0.4, 0.5) is 0 Å². The van der Waals surface area contributed by atoms with E-state index in [-0.39, 0.29) is 18.0 Å². The lowest BCUT2D eigenvalue weighted by molar-refractivity contribution is 0.0713. The fraction of sp³-hybridized carbons (Fsp3) is 0.714. The first-order valence-corrected chi connectivity index (χ1v) is 6.94. The molecule has 1 aromatic heterocycles. The van der Waals surface area contributed by atoms with Gasteiger partial charge >= 0.3 is 0 Å². The maximum absolute atomic E-state index is 12.5. The van der Waals surface area contributed by atoms with Gasteiger partial charge in [-0.3, -0.25) is 9.48 Å². The molecule has 1 aromatic rings. The number of amides is 1. The Bertz CT molecular complexity index is 452. The molecule has 0 spiro atoms. The minimum atomic E-state index is 0.0521. The fourth-order valence-corrected chi connectivity index (χ4v) is 2.79. The van der Waals surface area contributed by atoms with Gasteiger partial charge in [0.2, 0.25) is 0 Å². The first-order chi connectivity index (χ1) is 8.91. The summed E-state index contributed by atoms with van der Waals surface area (Å²) in [5.74, 6) is 0.0521. The summed E-state index contributed by atoms with van der Waals surface area (Å²) in [6.45, 7) is 7.05. The van der Waals surface area contributed by atoms with Crippen molar-refractivity contribution in [2.45, 2.75) is 45.3 Å². The summed E-state index contributed by atoms with van der Waals surface area (Å²) in [4.78, 5) is 16.6. The summed E-state index contributed by atoms with van der Waals surface area (Å²) in [6, 6.07) is 2.79. The molecule has 0 N–H and O–H groups in total. The molecule has 0 radical (unpaired) electrons. The van der Waals surface area contributed by atoms with Crippen molar-refractivity contribution >= 4 is 5.91 Å². The van der Waals surface area contributed by atoms with E-state index in [2.05, 4.69) is 44.9 Å². The van der Waals surface area contributed by atoms with Crippen LogP contribution in [-0.2, 0) is 0 Å². The highest BCUT2D eigenvalue weighted by Gasteiger charge is 2.35. The Morgan fingerprint density at radius 2 is 2.16 bits per heavy atom. The van der Waals surface area contributed by atoms with Gasteiger partial charge in [-0.1, -0.05) is 0 Å². The number of carbonyl (C=O) groups is 1. The zero-order chi connectivity index (χ0) is 14.2. The van der Waals surface area contributed by atoms with Crippen LogP contribution >= 0.6 is 0 Å². The quantitative estimate of drug-likeness (QED) is 0.833. The highest BCUT2D eigenvalue weighted by atomic mass is 16.2. The Morgan fingerprint density at radius 3 is 2.63 bits per heavy atom. The van der Waals surface area contributed by atoms with Crippen LogP contribution in [0.15, 0.2) is 12.3 Å². The van der Waals surface area contributed by atoms with Crippen LogP contribution in [-0.4, -0.2) is 58.2 Å².